The molecule has 0 aliphatic heterocycles. The van der Waals surface area contributed by atoms with E-state index >= 15 is 0 Å². The molecule has 0 heterocycles. The fourth-order valence-electron chi connectivity index (χ4n) is 2.98. The summed E-state index contributed by atoms with van der Waals surface area (Å²) in [4.78, 5) is 38.5. The minimum atomic E-state index is -1.25. The number of amides is 2. The fraction of sp³-hybridized carbons (Fsp3) is 0.348. The molecule has 3 rings (SSSR count). The highest BCUT2D eigenvalue weighted by Gasteiger charge is 2.33. The van der Waals surface area contributed by atoms with Crippen LogP contribution in [0.15, 0.2) is 48.5 Å². The van der Waals surface area contributed by atoms with Crippen LogP contribution in [-0.2, 0) is 14.3 Å². The van der Waals surface area contributed by atoms with Gasteiger partial charge in [-0.3, -0.25) is 9.59 Å². The van der Waals surface area contributed by atoms with Crippen molar-refractivity contribution < 1.29 is 23.5 Å². The van der Waals surface area contributed by atoms with E-state index < -0.39 is 35.7 Å². The molecule has 2 aromatic carbocycles. The number of carbonyl (C=O) groups excluding carboxylic acids is 3. The Morgan fingerprint density at radius 1 is 1.16 bits per heavy atom. The van der Waals surface area contributed by atoms with Gasteiger partial charge in [-0.1, -0.05) is 35.9 Å². The molecule has 6 nitrogen and oxygen atoms in total. The van der Waals surface area contributed by atoms with E-state index in [1.54, 1.807) is 24.3 Å². The predicted molar refractivity (Wildman–Crippen MR) is 122 cm³/mol. The summed E-state index contributed by atoms with van der Waals surface area (Å²) < 4.78 is 18.9. The first-order valence-corrected chi connectivity index (χ1v) is 12.0. The Hall–Kier alpha value is -2.58. The Labute approximate surface area is 195 Å². The third-order valence-electron chi connectivity index (χ3n) is 4.89. The maximum atomic E-state index is 13.4. The van der Waals surface area contributed by atoms with E-state index in [1.807, 2.05) is 6.26 Å². The molecule has 1 fully saturated rings. The summed E-state index contributed by atoms with van der Waals surface area (Å²) in [6.07, 6.45) is 2.65. The minimum Gasteiger partial charge on any atom is -0.446 e. The zero-order valence-electron chi connectivity index (χ0n) is 17.5. The monoisotopic (exact) mass is 478 g/mol. The van der Waals surface area contributed by atoms with Crippen molar-refractivity contribution in [3.05, 3.63) is 70.5 Å². The molecule has 0 spiro atoms. The molecule has 2 unspecified atom stereocenters. The van der Waals surface area contributed by atoms with Gasteiger partial charge < -0.3 is 15.4 Å². The summed E-state index contributed by atoms with van der Waals surface area (Å²) in [6.45, 7) is 0. The first kappa shape index (κ1) is 24.1. The van der Waals surface area contributed by atoms with Crippen molar-refractivity contribution in [1.82, 2.24) is 10.6 Å². The molecule has 1 aliphatic rings. The van der Waals surface area contributed by atoms with Crippen LogP contribution in [0.1, 0.15) is 41.3 Å². The van der Waals surface area contributed by atoms with Crippen LogP contribution >= 0.6 is 23.4 Å². The van der Waals surface area contributed by atoms with E-state index in [0.717, 1.165) is 12.8 Å². The second kappa shape index (κ2) is 11.3. The molecule has 9 heteroatoms. The molecular formula is C23H24ClFN2O4S. The second-order valence-electron chi connectivity index (χ2n) is 7.44. The summed E-state index contributed by atoms with van der Waals surface area (Å²) in [5.41, 5.74) is 0.580. The number of rotatable bonds is 10. The van der Waals surface area contributed by atoms with Crippen LogP contribution in [0, 0.1) is 5.82 Å². The van der Waals surface area contributed by atoms with Gasteiger partial charge in [0.05, 0.1) is 10.6 Å². The fourth-order valence-corrected chi connectivity index (χ4v) is 3.67. The van der Waals surface area contributed by atoms with Gasteiger partial charge in [0.25, 0.3) is 11.8 Å². The van der Waals surface area contributed by atoms with Crippen molar-refractivity contribution in [3.8, 4) is 0 Å². The summed E-state index contributed by atoms with van der Waals surface area (Å²) in [5.74, 6) is -1.63. The van der Waals surface area contributed by atoms with E-state index in [9.17, 15) is 18.8 Å². The highest BCUT2D eigenvalue weighted by Crippen LogP contribution is 2.24. The zero-order chi connectivity index (χ0) is 23.1. The highest BCUT2D eigenvalue weighted by atomic mass is 35.5. The first-order chi connectivity index (χ1) is 15.4. The lowest BCUT2D eigenvalue weighted by molar-refractivity contribution is -0.158. The minimum absolute atomic E-state index is 0.0522. The third-order valence-corrected chi connectivity index (χ3v) is 5.86. The molecule has 0 bridgehead atoms. The summed E-state index contributed by atoms with van der Waals surface area (Å²) in [7, 11) is 0. The summed E-state index contributed by atoms with van der Waals surface area (Å²) in [5, 5.41) is 5.73. The molecular weight excluding hydrogens is 455 g/mol. The maximum absolute atomic E-state index is 13.4. The number of esters is 1. The van der Waals surface area contributed by atoms with E-state index in [1.165, 1.54) is 36.0 Å². The topological polar surface area (TPSA) is 84.5 Å². The van der Waals surface area contributed by atoms with Gasteiger partial charge in [0, 0.05) is 11.6 Å². The largest absolute Gasteiger partial charge is 0.446 e. The van der Waals surface area contributed by atoms with Crippen LogP contribution in [-0.4, -0.2) is 41.9 Å². The van der Waals surface area contributed by atoms with Crippen LogP contribution in [0.25, 0.3) is 0 Å². The van der Waals surface area contributed by atoms with E-state index in [0.29, 0.717) is 17.7 Å². The highest BCUT2D eigenvalue weighted by molar-refractivity contribution is 7.98. The quantitative estimate of drug-likeness (QED) is 0.506. The lowest BCUT2D eigenvalue weighted by Gasteiger charge is -2.22. The number of thioether (sulfide) groups is 1. The lowest BCUT2D eigenvalue weighted by atomic mass is 10.1. The van der Waals surface area contributed by atoms with E-state index in [2.05, 4.69) is 10.6 Å². The second-order valence-corrected chi connectivity index (χ2v) is 8.83. The molecule has 32 heavy (non-hydrogen) atoms. The Morgan fingerprint density at radius 3 is 2.47 bits per heavy atom. The number of benzene rings is 2. The maximum Gasteiger partial charge on any atom is 0.329 e. The van der Waals surface area contributed by atoms with Crippen molar-refractivity contribution >= 4 is 41.1 Å². The third kappa shape index (κ3) is 6.71. The summed E-state index contributed by atoms with van der Waals surface area (Å²) in [6, 6.07) is 10.8. The molecule has 0 saturated heterocycles. The predicted octanol–water partition coefficient (Wildman–Crippen LogP) is 3.89. The molecule has 1 saturated carbocycles. The number of ether oxygens (including phenoxy) is 1. The number of hydrogen-bond acceptors (Lipinski definition) is 5. The SMILES string of the molecule is CSCCC(NC(=O)c1ccccc1Cl)C(=O)OC(C(=O)NC1CC1)c1ccc(F)cc1. The normalized spacial score (nSPS) is 14.8. The van der Waals surface area contributed by atoms with Gasteiger partial charge in [-0.05, 0) is 55.5 Å². The van der Waals surface area contributed by atoms with Crippen LogP contribution in [0.4, 0.5) is 4.39 Å². The Balaban J connectivity index is 1.77. The van der Waals surface area contributed by atoms with Gasteiger partial charge in [0.2, 0.25) is 6.10 Å². The van der Waals surface area contributed by atoms with Crippen LogP contribution in [0.2, 0.25) is 5.02 Å². The molecule has 0 aromatic heterocycles. The van der Waals surface area contributed by atoms with Gasteiger partial charge in [-0.15, -0.1) is 0 Å². The number of nitrogens with one attached hydrogen (secondary N) is 2. The number of hydrogen-bond donors (Lipinski definition) is 2. The molecule has 2 atom stereocenters. The number of halogens is 2. The molecule has 2 N–H and O–H groups in total. The molecule has 0 radical (unpaired) electrons. The molecule has 170 valence electrons. The number of carbonyl (C=O) groups is 3. The van der Waals surface area contributed by atoms with Gasteiger partial charge >= 0.3 is 5.97 Å². The zero-order valence-corrected chi connectivity index (χ0v) is 19.0. The smallest absolute Gasteiger partial charge is 0.329 e. The Morgan fingerprint density at radius 2 is 1.84 bits per heavy atom. The lowest BCUT2D eigenvalue weighted by Crippen LogP contribution is -2.44. The average molecular weight is 479 g/mol. The van der Waals surface area contributed by atoms with Crippen LogP contribution < -0.4 is 10.6 Å². The van der Waals surface area contributed by atoms with Gasteiger partial charge in [0.15, 0.2) is 0 Å². The van der Waals surface area contributed by atoms with Crippen molar-refractivity contribution in [3.63, 3.8) is 0 Å². The summed E-state index contributed by atoms with van der Waals surface area (Å²) >= 11 is 7.60. The standard InChI is InChI=1S/C23H24ClFN2O4S/c1-32-13-12-19(27-21(28)17-4-2-3-5-18(17)24)23(30)31-20(22(29)26-16-10-11-16)14-6-8-15(25)9-7-14/h2-9,16,19-20H,10-13H2,1H3,(H,26,29)(H,27,28). The van der Waals surface area contributed by atoms with Gasteiger partial charge in [0.1, 0.15) is 11.9 Å². The first-order valence-electron chi connectivity index (χ1n) is 10.2. The van der Waals surface area contributed by atoms with Crippen molar-refractivity contribution in [1.29, 1.82) is 0 Å². The van der Waals surface area contributed by atoms with Crippen molar-refractivity contribution in [2.24, 2.45) is 0 Å². The molecule has 2 amide bonds. The van der Waals surface area contributed by atoms with Gasteiger partial charge in [-0.25, -0.2) is 9.18 Å². The average Bonchev–Trinajstić information content (AvgIpc) is 3.59. The van der Waals surface area contributed by atoms with Gasteiger partial charge in [-0.2, -0.15) is 11.8 Å². The van der Waals surface area contributed by atoms with Crippen LogP contribution in [0.5, 0.6) is 0 Å². The van der Waals surface area contributed by atoms with Crippen LogP contribution in [0.3, 0.4) is 0 Å². The Kier molecular flexibility index (Phi) is 8.53. The Bertz CT molecular complexity index is 969. The van der Waals surface area contributed by atoms with E-state index in [4.69, 9.17) is 16.3 Å². The van der Waals surface area contributed by atoms with Crippen molar-refractivity contribution in [2.45, 2.75) is 37.5 Å². The molecule has 1 aliphatic carbocycles. The van der Waals surface area contributed by atoms with Crippen molar-refractivity contribution in [2.75, 3.05) is 12.0 Å². The molecule has 2 aromatic rings. The van der Waals surface area contributed by atoms with E-state index in [-0.39, 0.29) is 16.6 Å².